The van der Waals surface area contributed by atoms with Crippen molar-refractivity contribution in [2.24, 2.45) is 0 Å². The normalized spacial score (nSPS) is 15.2. The van der Waals surface area contributed by atoms with E-state index in [4.69, 9.17) is 0 Å². The first-order chi connectivity index (χ1) is 9.37. The van der Waals surface area contributed by atoms with Gasteiger partial charge in [-0.25, -0.2) is 4.79 Å². The van der Waals surface area contributed by atoms with E-state index in [2.05, 4.69) is 10.1 Å². The Morgan fingerprint density at radius 3 is 2.75 bits per heavy atom. The van der Waals surface area contributed by atoms with Gasteiger partial charge in [-0.05, 0) is 12.1 Å². The fraction of sp³-hybridized carbons (Fsp3) is 0.333. The van der Waals surface area contributed by atoms with E-state index in [0.717, 1.165) is 4.90 Å². The summed E-state index contributed by atoms with van der Waals surface area (Å²) in [5.74, 6) is -0.316. The van der Waals surface area contributed by atoms with Crippen molar-refractivity contribution in [2.45, 2.75) is 12.6 Å². The van der Waals surface area contributed by atoms with Gasteiger partial charge in [0.1, 0.15) is 0 Å². The van der Waals surface area contributed by atoms with E-state index >= 15 is 0 Å². The molecule has 0 aliphatic carbocycles. The Morgan fingerprint density at radius 1 is 1.35 bits per heavy atom. The van der Waals surface area contributed by atoms with Crippen molar-refractivity contribution in [3.63, 3.8) is 0 Å². The van der Waals surface area contributed by atoms with E-state index in [1.54, 1.807) is 18.2 Å². The second kappa shape index (κ2) is 5.40. The van der Waals surface area contributed by atoms with Crippen LogP contribution in [0.2, 0.25) is 0 Å². The van der Waals surface area contributed by atoms with Crippen molar-refractivity contribution in [2.75, 3.05) is 23.4 Å². The predicted molar refractivity (Wildman–Crippen MR) is 64.4 cm³/mol. The molecule has 1 aromatic rings. The van der Waals surface area contributed by atoms with Crippen molar-refractivity contribution in [1.29, 1.82) is 0 Å². The van der Waals surface area contributed by atoms with Gasteiger partial charge in [-0.15, -0.1) is 0 Å². The van der Waals surface area contributed by atoms with E-state index < -0.39 is 18.9 Å². The minimum atomic E-state index is -4.59. The summed E-state index contributed by atoms with van der Waals surface area (Å²) in [7, 11) is 0. The monoisotopic (exact) mass is 288 g/mol. The number of carbonyl (C=O) groups excluding carboxylic acids is 2. The third-order valence-electron chi connectivity index (χ3n) is 2.61. The summed E-state index contributed by atoms with van der Waals surface area (Å²) < 4.78 is 40.4. The number of benzene rings is 1. The molecule has 2 amide bonds. The summed E-state index contributed by atoms with van der Waals surface area (Å²) in [5, 5.41) is 2.57. The molecule has 1 N–H and O–H groups in total. The summed E-state index contributed by atoms with van der Waals surface area (Å²) in [6.07, 6.45) is -5.74. The van der Waals surface area contributed by atoms with E-state index in [1.165, 1.54) is 6.07 Å². The average Bonchev–Trinajstić information content (AvgIpc) is 2.53. The van der Waals surface area contributed by atoms with Crippen molar-refractivity contribution in [3.8, 4) is 0 Å². The van der Waals surface area contributed by atoms with Crippen LogP contribution in [-0.2, 0) is 9.53 Å². The molecule has 5 nitrogen and oxygen atoms in total. The number of para-hydroxylation sites is 2. The number of hydrogen-bond acceptors (Lipinski definition) is 3. The van der Waals surface area contributed by atoms with Gasteiger partial charge in [0.2, 0.25) is 5.91 Å². The SMILES string of the molecule is O=C1CCN(C(=O)OCC(F)(F)F)c2ccccc2N1. The number of hydrogen-bond donors (Lipinski definition) is 1. The maximum Gasteiger partial charge on any atom is 0.422 e. The van der Waals surface area contributed by atoms with Crippen molar-refractivity contribution in [3.05, 3.63) is 24.3 Å². The van der Waals surface area contributed by atoms with Gasteiger partial charge in [-0.3, -0.25) is 9.69 Å². The Balaban J connectivity index is 2.19. The van der Waals surface area contributed by atoms with Crippen LogP contribution in [0.4, 0.5) is 29.3 Å². The summed E-state index contributed by atoms with van der Waals surface area (Å²) >= 11 is 0. The lowest BCUT2D eigenvalue weighted by molar-refractivity contribution is -0.159. The first-order valence-corrected chi connectivity index (χ1v) is 5.77. The maximum absolute atomic E-state index is 12.1. The summed E-state index contributed by atoms with van der Waals surface area (Å²) in [5.41, 5.74) is 0.671. The van der Waals surface area contributed by atoms with Gasteiger partial charge in [0, 0.05) is 13.0 Å². The Morgan fingerprint density at radius 2 is 2.05 bits per heavy atom. The quantitative estimate of drug-likeness (QED) is 0.864. The van der Waals surface area contributed by atoms with Crippen molar-refractivity contribution < 1.29 is 27.5 Å². The highest BCUT2D eigenvalue weighted by atomic mass is 19.4. The van der Waals surface area contributed by atoms with Gasteiger partial charge < -0.3 is 10.1 Å². The maximum atomic E-state index is 12.1. The molecule has 108 valence electrons. The molecular formula is C12H11F3N2O3. The standard InChI is InChI=1S/C12H11F3N2O3/c13-12(14,15)7-20-11(19)17-6-5-10(18)16-8-3-1-2-4-9(8)17/h1-4H,5-7H2,(H,16,18). The zero-order valence-electron chi connectivity index (χ0n) is 10.2. The van der Waals surface area contributed by atoms with Crippen LogP contribution in [-0.4, -0.2) is 31.3 Å². The fourth-order valence-corrected chi connectivity index (χ4v) is 1.77. The molecular weight excluding hydrogens is 277 g/mol. The minimum Gasteiger partial charge on any atom is -0.439 e. The molecule has 0 saturated carbocycles. The highest BCUT2D eigenvalue weighted by molar-refractivity contribution is 6.01. The van der Waals surface area contributed by atoms with Gasteiger partial charge >= 0.3 is 12.3 Å². The van der Waals surface area contributed by atoms with E-state index in [1.807, 2.05) is 0 Å². The largest absolute Gasteiger partial charge is 0.439 e. The number of nitrogens with one attached hydrogen (secondary N) is 1. The second-order valence-electron chi connectivity index (χ2n) is 4.14. The predicted octanol–water partition coefficient (Wildman–Crippen LogP) is 2.53. The van der Waals surface area contributed by atoms with Gasteiger partial charge in [-0.2, -0.15) is 13.2 Å². The molecule has 0 radical (unpaired) electrons. The molecule has 0 atom stereocenters. The number of fused-ring (bicyclic) bond motifs is 1. The van der Waals surface area contributed by atoms with Crippen LogP contribution in [0.3, 0.4) is 0 Å². The van der Waals surface area contributed by atoms with Crippen LogP contribution >= 0.6 is 0 Å². The van der Waals surface area contributed by atoms with Gasteiger partial charge in [0.25, 0.3) is 0 Å². The Kier molecular flexibility index (Phi) is 3.82. The molecule has 1 heterocycles. The molecule has 1 aliphatic rings. The van der Waals surface area contributed by atoms with Crippen LogP contribution in [0, 0.1) is 0 Å². The lowest BCUT2D eigenvalue weighted by Gasteiger charge is -2.21. The summed E-state index contributed by atoms with van der Waals surface area (Å²) in [6, 6.07) is 6.34. The molecule has 0 spiro atoms. The zero-order chi connectivity index (χ0) is 14.8. The minimum absolute atomic E-state index is 0.0181. The highest BCUT2D eigenvalue weighted by Crippen LogP contribution is 2.29. The van der Waals surface area contributed by atoms with E-state index in [0.29, 0.717) is 11.4 Å². The average molecular weight is 288 g/mol. The third-order valence-corrected chi connectivity index (χ3v) is 2.61. The van der Waals surface area contributed by atoms with Crippen LogP contribution in [0.1, 0.15) is 6.42 Å². The number of alkyl halides is 3. The third kappa shape index (κ3) is 3.40. The Bertz CT molecular complexity index is 531. The lowest BCUT2D eigenvalue weighted by atomic mass is 10.2. The molecule has 20 heavy (non-hydrogen) atoms. The number of anilines is 2. The van der Waals surface area contributed by atoms with Crippen LogP contribution < -0.4 is 10.2 Å². The van der Waals surface area contributed by atoms with Crippen molar-refractivity contribution in [1.82, 2.24) is 0 Å². The van der Waals surface area contributed by atoms with Gasteiger partial charge in [-0.1, -0.05) is 12.1 Å². The fourth-order valence-electron chi connectivity index (χ4n) is 1.77. The molecule has 8 heteroatoms. The van der Waals surface area contributed by atoms with Crippen molar-refractivity contribution >= 4 is 23.4 Å². The smallest absolute Gasteiger partial charge is 0.422 e. The molecule has 0 aromatic heterocycles. The molecule has 0 bridgehead atoms. The molecule has 0 unspecified atom stereocenters. The first-order valence-electron chi connectivity index (χ1n) is 5.77. The topological polar surface area (TPSA) is 58.6 Å². The molecule has 0 fully saturated rings. The van der Waals surface area contributed by atoms with Crippen LogP contribution in [0.25, 0.3) is 0 Å². The number of carbonyl (C=O) groups is 2. The summed E-state index contributed by atoms with van der Waals surface area (Å²) in [6.45, 7) is -1.70. The molecule has 0 saturated heterocycles. The molecule has 1 aliphatic heterocycles. The number of rotatable bonds is 1. The van der Waals surface area contributed by atoms with Gasteiger partial charge in [0.15, 0.2) is 6.61 Å². The number of ether oxygens (including phenoxy) is 1. The lowest BCUT2D eigenvalue weighted by Crippen LogP contribution is -2.34. The first kappa shape index (κ1) is 14.2. The van der Waals surface area contributed by atoms with Crippen LogP contribution in [0.5, 0.6) is 0 Å². The number of amides is 2. The summed E-state index contributed by atoms with van der Waals surface area (Å²) in [4.78, 5) is 24.2. The zero-order valence-corrected chi connectivity index (χ0v) is 10.2. The number of nitrogens with zero attached hydrogens (tertiary/aromatic N) is 1. The van der Waals surface area contributed by atoms with Crippen LogP contribution in [0.15, 0.2) is 24.3 Å². The van der Waals surface area contributed by atoms with E-state index in [9.17, 15) is 22.8 Å². The molecule has 2 rings (SSSR count). The van der Waals surface area contributed by atoms with Gasteiger partial charge in [0.05, 0.1) is 11.4 Å². The Hall–Kier alpha value is -2.25. The van der Waals surface area contributed by atoms with E-state index in [-0.39, 0.29) is 18.9 Å². The number of halogens is 3. The Labute approximate surface area is 112 Å². The molecule has 1 aromatic carbocycles. The second-order valence-corrected chi connectivity index (χ2v) is 4.14. The highest BCUT2D eigenvalue weighted by Gasteiger charge is 2.32.